The van der Waals surface area contributed by atoms with Crippen molar-refractivity contribution < 1.29 is 18.3 Å². The molecule has 3 N–H and O–H groups in total. The van der Waals surface area contributed by atoms with Gasteiger partial charge < -0.3 is 10.0 Å². The van der Waals surface area contributed by atoms with E-state index in [1.54, 1.807) is 17.0 Å². The summed E-state index contributed by atoms with van der Waals surface area (Å²) in [7, 11) is -3.73. The van der Waals surface area contributed by atoms with Crippen LogP contribution in [0.15, 0.2) is 29.2 Å². The third-order valence-electron chi connectivity index (χ3n) is 2.44. The fraction of sp³-hybridized carbons (Fsp3) is 0.417. The lowest BCUT2D eigenvalue weighted by Gasteiger charge is -2.24. The van der Waals surface area contributed by atoms with Gasteiger partial charge in [-0.05, 0) is 30.2 Å². The highest BCUT2D eigenvalue weighted by atomic mass is 32.2. The number of sulfonamides is 1. The lowest BCUT2D eigenvalue weighted by Crippen LogP contribution is -2.32. The number of hydrogen-bond donors (Lipinski definition) is 2. The Balaban J connectivity index is 3.00. The van der Waals surface area contributed by atoms with Gasteiger partial charge >= 0.3 is 5.97 Å². The molecule has 19 heavy (non-hydrogen) atoms. The van der Waals surface area contributed by atoms with Crippen LogP contribution in [0, 0.1) is 5.92 Å². The number of rotatable bonds is 6. The molecule has 0 bridgehead atoms. The molecule has 0 unspecified atom stereocenters. The summed E-state index contributed by atoms with van der Waals surface area (Å²) in [6.45, 7) is 4.40. The maximum absolute atomic E-state index is 11.1. The van der Waals surface area contributed by atoms with E-state index in [1.807, 2.05) is 13.8 Å². The zero-order chi connectivity index (χ0) is 14.6. The van der Waals surface area contributed by atoms with Gasteiger partial charge in [0.05, 0.1) is 4.90 Å². The minimum absolute atomic E-state index is 0.0103. The smallest absolute Gasteiger partial charge is 0.323 e. The van der Waals surface area contributed by atoms with Crippen LogP contribution in [0.3, 0.4) is 0 Å². The number of primary sulfonamides is 1. The second-order valence-electron chi connectivity index (χ2n) is 4.71. The van der Waals surface area contributed by atoms with Crippen LogP contribution in [0.5, 0.6) is 0 Å². The van der Waals surface area contributed by atoms with Gasteiger partial charge in [-0.25, -0.2) is 13.6 Å². The number of carboxylic acid groups (broad SMARTS) is 1. The highest BCUT2D eigenvalue weighted by Gasteiger charge is 2.14. The highest BCUT2D eigenvalue weighted by molar-refractivity contribution is 7.89. The van der Waals surface area contributed by atoms with E-state index in [4.69, 9.17) is 10.2 Å². The van der Waals surface area contributed by atoms with Crippen LogP contribution in [0.1, 0.15) is 13.8 Å². The number of carbonyl (C=O) groups is 1. The summed E-state index contributed by atoms with van der Waals surface area (Å²) in [6.07, 6.45) is 0. The molecule has 0 saturated heterocycles. The maximum atomic E-state index is 11.1. The Morgan fingerprint density at radius 3 is 2.21 bits per heavy atom. The lowest BCUT2D eigenvalue weighted by atomic mass is 10.2. The number of aliphatic carboxylic acids is 1. The average molecular weight is 286 g/mol. The van der Waals surface area contributed by atoms with E-state index in [0.717, 1.165) is 0 Å². The van der Waals surface area contributed by atoms with Crippen molar-refractivity contribution in [2.45, 2.75) is 18.7 Å². The zero-order valence-corrected chi connectivity index (χ0v) is 11.7. The van der Waals surface area contributed by atoms with Gasteiger partial charge in [0, 0.05) is 12.2 Å². The number of carboxylic acids is 1. The van der Waals surface area contributed by atoms with E-state index in [2.05, 4.69) is 0 Å². The van der Waals surface area contributed by atoms with Crippen molar-refractivity contribution in [1.29, 1.82) is 0 Å². The Bertz CT molecular complexity index is 537. The van der Waals surface area contributed by atoms with Crippen molar-refractivity contribution >= 4 is 21.7 Å². The van der Waals surface area contributed by atoms with Crippen molar-refractivity contribution in [2.24, 2.45) is 11.1 Å². The summed E-state index contributed by atoms with van der Waals surface area (Å²) in [6, 6.07) is 5.87. The van der Waals surface area contributed by atoms with Crippen LogP contribution < -0.4 is 10.0 Å². The first-order valence-corrected chi connectivity index (χ1v) is 7.34. The summed E-state index contributed by atoms with van der Waals surface area (Å²) in [5.41, 5.74) is 0.656. The van der Waals surface area contributed by atoms with Crippen LogP contribution >= 0.6 is 0 Å². The van der Waals surface area contributed by atoms with Crippen LogP contribution in [-0.2, 0) is 14.8 Å². The fourth-order valence-electron chi connectivity index (χ4n) is 1.71. The van der Waals surface area contributed by atoms with Crippen LogP contribution in [0.4, 0.5) is 5.69 Å². The van der Waals surface area contributed by atoms with Crippen molar-refractivity contribution in [2.75, 3.05) is 18.0 Å². The fourth-order valence-corrected chi connectivity index (χ4v) is 2.23. The molecule has 0 fully saturated rings. The molecule has 1 aromatic rings. The molecule has 0 aliphatic heterocycles. The van der Waals surface area contributed by atoms with Crippen molar-refractivity contribution in [3.8, 4) is 0 Å². The van der Waals surface area contributed by atoms with Gasteiger partial charge in [-0.15, -0.1) is 0 Å². The van der Waals surface area contributed by atoms with E-state index in [0.29, 0.717) is 12.2 Å². The lowest BCUT2D eigenvalue weighted by molar-refractivity contribution is -0.135. The first-order chi connectivity index (χ1) is 8.70. The standard InChI is InChI=1S/C12H18N2O4S/c1-9(2)7-14(8-12(15)16)10-3-5-11(6-4-10)19(13,17)18/h3-6,9H,7-8H2,1-2H3,(H,15,16)(H2,13,17,18). The van der Waals surface area contributed by atoms with E-state index < -0.39 is 16.0 Å². The van der Waals surface area contributed by atoms with Crippen molar-refractivity contribution in [1.82, 2.24) is 0 Å². The van der Waals surface area contributed by atoms with Crippen LogP contribution in [-0.4, -0.2) is 32.6 Å². The maximum Gasteiger partial charge on any atom is 0.323 e. The first kappa shape index (κ1) is 15.5. The Kier molecular flexibility index (Phi) is 4.90. The van der Waals surface area contributed by atoms with E-state index in [1.165, 1.54) is 12.1 Å². The molecule has 1 aromatic carbocycles. The molecular formula is C12H18N2O4S. The summed E-state index contributed by atoms with van der Waals surface area (Å²) in [5.74, 6) is -0.645. The van der Waals surface area contributed by atoms with Gasteiger partial charge in [-0.1, -0.05) is 13.8 Å². The van der Waals surface area contributed by atoms with Crippen molar-refractivity contribution in [3.05, 3.63) is 24.3 Å². The molecule has 7 heteroatoms. The summed E-state index contributed by atoms with van der Waals surface area (Å²) in [4.78, 5) is 12.5. The third kappa shape index (κ3) is 4.88. The minimum Gasteiger partial charge on any atom is -0.480 e. The number of benzene rings is 1. The highest BCUT2D eigenvalue weighted by Crippen LogP contribution is 2.18. The van der Waals surface area contributed by atoms with E-state index in [-0.39, 0.29) is 17.4 Å². The second kappa shape index (κ2) is 6.03. The molecule has 0 atom stereocenters. The number of anilines is 1. The molecule has 0 aliphatic carbocycles. The van der Waals surface area contributed by atoms with Gasteiger partial charge in [0.2, 0.25) is 10.0 Å². The molecular weight excluding hydrogens is 268 g/mol. The number of hydrogen-bond acceptors (Lipinski definition) is 4. The molecule has 0 aliphatic rings. The topological polar surface area (TPSA) is 101 Å². The molecule has 0 radical (unpaired) electrons. The monoisotopic (exact) mass is 286 g/mol. The molecule has 0 saturated carbocycles. The van der Waals surface area contributed by atoms with Crippen LogP contribution in [0.2, 0.25) is 0 Å². The molecule has 0 aromatic heterocycles. The molecule has 0 spiro atoms. The first-order valence-electron chi connectivity index (χ1n) is 5.79. The predicted molar refractivity (Wildman–Crippen MR) is 72.5 cm³/mol. The average Bonchev–Trinajstić information content (AvgIpc) is 2.26. The van der Waals surface area contributed by atoms with Gasteiger partial charge in [0.25, 0.3) is 0 Å². The summed E-state index contributed by atoms with van der Waals surface area (Å²) < 4.78 is 22.3. The SMILES string of the molecule is CC(C)CN(CC(=O)O)c1ccc(S(N)(=O)=O)cc1. The molecule has 0 amide bonds. The van der Waals surface area contributed by atoms with Gasteiger partial charge in [-0.3, -0.25) is 4.79 Å². The largest absolute Gasteiger partial charge is 0.480 e. The second-order valence-corrected chi connectivity index (χ2v) is 6.27. The Morgan fingerprint density at radius 2 is 1.84 bits per heavy atom. The summed E-state index contributed by atoms with van der Waals surface area (Å²) in [5, 5.41) is 13.9. The summed E-state index contributed by atoms with van der Waals surface area (Å²) >= 11 is 0. The van der Waals surface area contributed by atoms with Gasteiger partial charge in [0.15, 0.2) is 0 Å². The quantitative estimate of drug-likeness (QED) is 0.808. The van der Waals surface area contributed by atoms with E-state index >= 15 is 0 Å². The Morgan fingerprint density at radius 1 is 1.32 bits per heavy atom. The van der Waals surface area contributed by atoms with E-state index in [9.17, 15) is 13.2 Å². The molecule has 6 nitrogen and oxygen atoms in total. The van der Waals surface area contributed by atoms with Crippen molar-refractivity contribution in [3.63, 3.8) is 0 Å². The molecule has 106 valence electrons. The van der Waals surface area contributed by atoms with Gasteiger partial charge in [0.1, 0.15) is 6.54 Å². The number of nitrogens with two attached hydrogens (primary N) is 1. The Hall–Kier alpha value is -1.60. The Labute approximate surface area is 112 Å². The predicted octanol–water partition coefficient (Wildman–Crippen LogP) is 0.881. The molecule has 1 rings (SSSR count). The number of nitrogens with zero attached hydrogens (tertiary/aromatic N) is 1. The minimum atomic E-state index is -3.73. The normalized spacial score (nSPS) is 11.6. The molecule has 0 heterocycles. The third-order valence-corrected chi connectivity index (χ3v) is 3.37. The zero-order valence-electron chi connectivity index (χ0n) is 10.9. The van der Waals surface area contributed by atoms with Gasteiger partial charge in [-0.2, -0.15) is 0 Å². The van der Waals surface area contributed by atoms with Crippen LogP contribution in [0.25, 0.3) is 0 Å².